The van der Waals surface area contributed by atoms with E-state index in [0.29, 0.717) is 5.75 Å². The van der Waals surface area contributed by atoms with Crippen LogP contribution in [0.4, 0.5) is 4.39 Å². The molecular weight excluding hydrogens is 343 g/mol. The fraction of sp³-hybridized carbons (Fsp3) is 0.364. The Bertz CT molecular complexity index is 494. The molecule has 2 nitrogen and oxygen atoms in total. The molecule has 1 aromatic rings. The SMILES string of the molecule is CC1(Oc2cc(Cl)c(F)c(I)c2C#N)CC1. The van der Waals surface area contributed by atoms with Gasteiger partial charge in [0.05, 0.1) is 8.59 Å². The van der Waals surface area contributed by atoms with Gasteiger partial charge in [0.15, 0.2) is 5.82 Å². The van der Waals surface area contributed by atoms with E-state index in [1.807, 2.05) is 13.0 Å². The first-order valence-electron chi connectivity index (χ1n) is 4.73. The zero-order valence-electron chi connectivity index (χ0n) is 8.48. The number of benzene rings is 1. The molecule has 16 heavy (non-hydrogen) atoms. The van der Waals surface area contributed by atoms with E-state index in [4.69, 9.17) is 21.6 Å². The number of ether oxygens (including phenoxy) is 1. The molecule has 5 heteroatoms. The van der Waals surface area contributed by atoms with E-state index < -0.39 is 5.82 Å². The molecule has 0 N–H and O–H groups in total. The van der Waals surface area contributed by atoms with Gasteiger partial charge in [-0.25, -0.2) is 4.39 Å². The molecule has 0 aliphatic heterocycles. The summed E-state index contributed by atoms with van der Waals surface area (Å²) in [6.45, 7) is 1.96. The summed E-state index contributed by atoms with van der Waals surface area (Å²) >= 11 is 7.49. The number of rotatable bonds is 2. The third kappa shape index (κ3) is 2.11. The molecule has 0 bridgehead atoms. The number of nitrogens with zero attached hydrogens (tertiary/aromatic N) is 1. The van der Waals surface area contributed by atoms with Crippen LogP contribution in [0, 0.1) is 20.7 Å². The molecular formula is C11H8ClFINO. The van der Waals surface area contributed by atoms with Gasteiger partial charge < -0.3 is 4.74 Å². The first-order chi connectivity index (χ1) is 7.47. The highest BCUT2D eigenvalue weighted by Crippen LogP contribution is 2.42. The lowest BCUT2D eigenvalue weighted by molar-refractivity contribution is 0.199. The summed E-state index contributed by atoms with van der Waals surface area (Å²) in [4.78, 5) is 0. The Morgan fingerprint density at radius 2 is 2.25 bits per heavy atom. The van der Waals surface area contributed by atoms with Crippen LogP contribution in [0.2, 0.25) is 5.02 Å². The topological polar surface area (TPSA) is 33.0 Å². The van der Waals surface area contributed by atoms with Crippen molar-refractivity contribution in [2.24, 2.45) is 0 Å². The van der Waals surface area contributed by atoms with Crippen molar-refractivity contribution in [2.75, 3.05) is 0 Å². The fourth-order valence-electron chi connectivity index (χ4n) is 1.30. The average molecular weight is 352 g/mol. The lowest BCUT2D eigenvalue weighted by Crippen LogP contribution is -2.13. The molecule has 2 rings (SSSR count). The van der Waals surface area contributed by atoms with Crippen molar-refractivity contribution in [3.8, 4) is 11.8 Å². The first-order valence-corrected chi connectivity index (χ1v) is 6.19. The average Bonchev–Trinajstić information content (AvgIpc) is 2.93. The molecule has 0 atom stereocenters. The smallest absolute Gasteiger partial charge is 0.156 e. The summed E-state index contributed by atoms with van der Waals surface area (Å²) in [5.74, 6) is -0.189. The normalized spacial score (nSPS) is 16.7. The minimum atomic E-state index is -0.563. The van der Waals surface area contributed by atoms with Gasteiger partial charge in [0.25, 0.3) is 0 Å². The molecule has 0 radical (unpaired) electrons. The predicted molar refractivity (Wildman–Crippen MR) is 67.1 cm³/mol. The molecule has 0 unspecified atom stereocenters. The molecule has 0 amide bonds. The Balaban J connectivity index is 2.48. The maximum atomic E-state index is 13.5. The Kier molecular flexibility index (Phi) is 3.01. The van der Waals surface area contributed by atoms with Crippen molar-refractivity contribution in [3.63, 3.8) is 0 Å². The molecule has 0 aromatic heterocycles. The van der Waals surface area contributed by atoms with E-state index in [2.05, 4.69) is 0 Å². The molecule has 0 saturated heterocycles. The quantitative estimate of drug-likeness (QED) is 0.598. The van der Waals surface area contributed by atoms with Gasteiger partial charge in [-0.3, -0.25) is 0 Å². The van der Waals surface area contributed by atoms with Crippen LogP contribution >= 0.6 is 34.2 Å². The second-order valence-corrected chi connectivity index (χ2v) is 5.51. The Morgan fingerprint density at radius 3 is 2.75 bits per heavy atom. The van der Waals surface area contributed by atoms with Gasteiger partial charge in [-0.1, -0.05) is 11.6 Å². The zero-order chi connectivity index (χ0) is 11.9. The number of halogens is 3. The predicted octanol–water partition coefficient (Wildman–Crippen LogP) is 3.89. The van der Waals surface area contributed by atoms with Crippen LogP contribution < -0.4 is 4.74 Å². The van der Waals surface area contributed by atoms with E-state index in [1.54, 1.807) is 22.6 Å². The van der Waals surface area contributed by atoms with Gasteiger partial charge in [0.1, 0.15) is 23.0 Å². The van der Waals surface area contributed by atoms with Crippen molar-refractivity contribution in [3.05, 3.63) is 26.0 Å². The molecule has 1 aliphatic carbocycles. The van der Waals surface area contributed by atoms with Crippen LogP contribution in [0.25, 0.3) is 0 Å². The second kappa shape index (κ2) is 4.04. The number of hydrogen-bond acceptors (Lipinski definition) is 2. The highest BCUT2D eigenvalue weighted by molar-refractivity contribution is 14.1. The fourth-order valence-corrected chi connectivity index (χ4v) is 2.33. The second-order valence-electron chi connectivity index (χ2n) is 4.02. The highest BCUT2D eigenvalue weighted by atomic mass is 127. The van der Waals surface area contributed by atoms with E-state index in [0.717, 1.165) is 12.8 Å². The number of nitriles is 1. The van der Waals surface area contributed by atoms with E-state index >= 15 is 0 Å². The molecule has 1 fully saturated rings. The summed E-state index contributed by atoms with van der Waals surface area (Å²) in [5, 5.41) is 8.98. The summed E-state index contributed by atoms with van der Waals surface area (Å²) in [6.07, 6.45) is 1.90. The summed E-state index contributed by atoms with van der Waals surface area (Å²) in [5.41, 5.74) is 0.00571. The van der Waals surface area contributed by atoms with Crippen molar-refractivity contribution >= 4 is 34.2 Å². The van der Waals surface area contributed by atoms with E-state index in [9.17, 15) is 4.39 Å². The van der Waals surface area contributed by atoms with Crippen LogP contribution in [0.3, 0.4) is 0 Å². The van der Waals surface area contributed by atoms with Crippen molar-refractivity contribution in [2.45, 2.75) is 25.4 Å². The Labute approximate surface area is 111 Å². The molecule has 1 aliphatic rings. The summed E-state index contributed by atoms with van der Waals surface area (Å²) < 4.78 is 19.3. The van der Waals surface area contributed by atoms with Crippen LogP contribution in [-0.2, 0) is 0 Å². The van der Waals surface area contributed by atoms with Gasteiger partial charge in [-0.05, 0) is 42.4 Å². The molecule has 1 aromatic carbocycles. The summed E-state index contributed by atoms with van der Waals surface area (Å²) in [6, 6.07) is 3.33. The minimum Gasteiger partial charge on any atom is -0.486 e. The number of hydrogen-bond donors (Lipinski definition) is 0. The van der Waals surface area contributed by atoms with Crippen molar-refractivity contribution in [1.82, 2.24) is 0 Å². The largest absolute Gasteiger partial charge is 0.486 e. The highest BCUT2D eigenvalue weighted by Gasteiger charge is 2.41. The molecule has 84 valence electrons. The van der Waals surface area contributed by atoms with Crippen molar-refractivity contribution < 1.29 is 9.13 Å². The lowest BCUT2D eigenvalue weighted by atomic mass is 10.2. The standard InChI is InChI=1S/C11H8ClFINO/c1-11(2-3-11)16-8-4-7(12)9(13)10(14)6(8)5-15/h4H,2-3H2,1H3. The van der Waals surface area contributed by atoms with Gasteiger partial charge in [-0.2, -0.15) is 5.26 Å². The van der Waals surface area contributed by atoms with Gasteiger partial charge in [0, 0.05) is 6.07 Å². The Morgan fingerprint density at radius 1 is 1.62 bits per heavy atom. The van der Waals surface area contributed by atoms with Crippen LogP contribution in [-0.4, -0.2) is 5.60 Å². The van der Waals surface area contributed by atoms with Gasteiger partial charge >= 0.3 is 0 Å². The third-order valence-electron chi connectivity index (χ3n) is 2.55. The molecule has 0 spiro atoms. The van der Waals surface area contributed by atoms with Crippen LogP contribution in [0.5, 0.6) is 5.75 Å². The monoisotopic (exact) mass is 351 g/mol. The molecule has 0 heterocycles. The third-order valence-corrected chi connectivity index (χ3v) is 3.84. The summed E-state index contributed by atoms with van der Waals surface area (Å²) in [7, 11) is 0. The maximum absolute atomic E-state index is 13.5. The van der Waals surface area contributed by atoms with Crippen molar-refractivity contribution in [1.29, 1.82) is 5.26 Å². The van der Waals surface area contributed by atoms with E-state index in [1.165, 1.54) is 6.07 Å². The maximum Gasteiger partial charge on any atom is 0.156 e. The lowest BCUT2D eigenvalue weighted by Gasteiger charge is -2.15. The van der Waals surface area contributed by atoms with Gasteiger partial charge in [0.2, 0.25) is 0 Å². The van der Waals surface area contributed by atoms with E-state index in [-0.39, 0.29) is 19.8 Å². The van der Waals surface area contributed by atoms with Crippen LogP contribution in [0.15, 0.2) is 6.07 Å². The minimum absolute atomic E-state index is 0.0114. The first kappa shape index (κ1) is 11.9. The van der Waals surface area contributed by atoms with Crippen LogP contribution in [0.1, 0.15) is 25.3 Å². The molecule has 1 saturated carbocycles. The zero-order valence-corrected chi connectivity index (χ0v) is 11.4. The van der Waals surface area contributed by atoms with Gasteiger partial charge in [-0.15, -0.1) is 0 Å². The Hall–Kier alpha value is -0.540.